The van der Waals surface area contributed by atoms with Gasteiger partial charge in [0, 0.05) is 19.3 Å². The molecule has 0 saturated carbocycles. The van der Waals surface area contributed by atoms with Crippen molar-refractivity contribution in [3.8, 4) is 0 Å². The minimum absolute atomic E-state index is 1.06. The summed E-state index contributed by atoms with van der Waals surface area (Å²) in [7, 11) is 0. The molecule has 0 bridgehead atoms. The van der Waals surface area contributed by atoms with E-state index in [1.165, 1.54) is 25.7 Å². The molecule has 1 rings (SSSR count). The Morgan fingerprint density at radius 2 is 1.87 bits per heavy atom. The summed E-state index contributed by atoms with van der Waals surface area (Å²) in [6.07, 6.45) is 10.5. The molecular formula is C11H22N4. The third kappa shape index (κ3) is 4.34. The van der Waals surface area contributed by atoms with Gasteiger partial charge in [0.25, 0.3) is 0 Å². The van der Waals surface area contributed by atoms with Gasteiger partial charge in [-0.2, -0.15) is 5.01 Å². The number of nitrogens with one attached hydrogen (secondary N) is 1. The molecule has 0 amide bonds. The summed E-state index contributed by atoms with van der Waals surface area (Å²) in [4.78, 5) is 0. The molecule has 1 aliphatic heterocycles. The van der Waals surface area contributed by atoms with Gasteiger partial charge in [-0.15, -0.1) is 10.3 Å². The molecule has 1 heterocycles. The first kappa shape index (κ1) is 12.0. The van der Waals surface area contributed by atoms with E-state index in [1.54, 1.807) is 6.21 Å². The molecule has 1 N–H and O–H groups in total. The number of nitrogens with zero attached hydrogens (tertiary/aromatic N) is 3. The topological polar surface area (TPSA) is 30.9 Å². The first-order valence-corrected chi connectivity index (χ1v) is 5.88. The van der Waals surface area contributed by atoms with Crippen LogP contribution >= 0.6 is 0 Å². The minimum atomic E-state index is 1.06. The maximum absolute atomic E-state index is 4.27. The van der Waals surface area contributed by atoms with Crippen LogP contribution in [-0.4, -0.2) is 29.5 Å². The number of allylic oxidation sites excluding steroid dienone is 1. The average molecular weight is 210 g/mol. The van der Waals surface area contributed by atoms with Crippen LogP contribution in [0.2, 0.25) is 0 Å². The van der Waals surface area contributed by atoms with Crippen molar-refractivity contribution in [2.24, 2.45) is 5.10 Å². The standard InChI is InChI=1S/C11H22N4/c1-3-5-10-14(11-6-4-2)15-12-8-7-9-13-15/h7-9,12H,3-6,10-11H2,1-2H3. The zero-order valence-electron chi connectivity index (χ0n) is 9.82. The highest BCUT2D eigenvalue weighted by atomic mass is 15.9. The number of hydrogen-bond donors (Lipinski definition) is 1. The molecule has 15 heavy (non-hydrogen) atoms. The van der Waals surface area contributed by atoms with Crippen LogP contribution in [0.5, 0.6) is 0 Å². The lowest BCUT2D eigenvalue weighted by atomic mass is 10.3. The summed E-state index contributed by atoms with van der Waals surface area (Å²) in [5, 5.41) is 8.37. The second-order valence-electron chi connectivity index (χ2n) is 3.70. The normalized spacial score (nSPS) is 14.7. The predicted octanol–water partition coefficient (Wildman–Crippen LogP) is 2.12. The van der Waals surface area contributed by atoms with Crippen molar-refractivity contribution in [2.75, 3.05) is 13.1 Å². The van der Waals surface area contributed by atoms with Crippen LogP contribution in [0.4, 0.5) is 0 Å². The van der Waals surface area contributed by atoms with Crippen molar-refractivity contribution < 1.29 is 0 Å². The van der Waals surface area contributed by atoms with Gasteiger partial charge in [0.05, 0.1) is 6.21 Å². The van der Waals surface area contributed by atoms with Crippen molar-refractivity contribution in [3.63, 3.8) is 0 Å². The Kier molecular flexibility index (Phi) is 5.85. The number of unbranched alkanes of at least 4 members (excludes halogenated alkanes) is 2. The van der Waals surface area contributed by atoms with E-state index < -0.39 is 0 Å². The molecule has 0 radical (unpaired) electrons. The van der Waals surface area contributed by atoms with E-state index in [0.29, 0.717) is 0 Å². The van der Waals surface area contributed by atoms with Crippen molar-refractivity contribution in [1.82, 2.24) is 15.7 Å². The quantitative estimate of drug-likeness (QED) is 0.698. The van der Waals surface area contributed by atoms with E-state index in [-0.39, 0.29) is 0 Å². The molecule has 0 atom stereocenters. The number of hydrazine groups is 2. The van der Waals surface area contributed by atoms with Gasteiger partial charge in [-0.3, -0.25) is 5.43 Å². The van der Waals surface area contributed by atoms with E-state index >= 15 is 0 Å². The van der Waals surface area contributed by atoms with Gasteiger partial charge in [-0.25, -0.2) is 0 Å². The number of hydrazone groups is 1. The van der Waals surface area contributed by atoms with E-state index in [9.17, 15) is 0 Å². The third-order valence-electron chi connectivity index (χ3n) is 2.36. The highest BCUT2D eigenvalue weighted by molar-refractivity contribution is 5.70. The van der Waals surface area contributed by atoms with Gasteiger partial charge in [0.2, 0.25) is 0 Å². The summed E-state index contributed by atoms with van der Waals surface area (Å²) in [5.41, 5.74) is 3.12. The Morgan fingerprint density at radius 1 is 1.20 bits per heavy atom. The largest absolute Gasteiger partial charge is 0.274 e. The Hall–Kier alpha value is -1.03. The van der Waals surface area contributed by atoms with Crippen LogP contribution in [0.25, 0.3) is 0 Å². The molecule has 0 saturated heterocycles. The number of hydrogen-bond acceptors (Lipinski definition) is 4. The van der Waals surface area contributed by atoms with Crippen LogP contribution in [0.15, 0.2) is 17.4 Å². The van der Waals surface area contributed by atoms with Crippen LogP contribution in [0.3, 0.4) is 0 Å². The fourth-order valence-corrected chi connectivity index (χ4v) is 1.42. The summed E-state index contributed by atoms with van der Waals surface area (Å²) in [6, 6.07) is 0. The molecule has 1 aliphatic rings. The van der Waals surface area contributed by atoms with Crippen molar-refractivity contribution in [1.29, 1.82) is 0 Å². The minimum Gasteiger partial charge on any atom is -0.274 e. The highest BCUT2D eigenvalue weighted by Gasteiger charge is 2.11. The second-order valence-corrected chi connectivity index (χ2v) is 3.70. The molecule has 0 aromatic heterocycles. The Bertz CT molecular complexity index is 205. The summed E-state index contributed by atoms with van der Waals surface area (Å²) >= 11 is 0. The predicted molar refractivity (Wildman–Crippen MR) is 64.0 cm³/mol. The summed E-state index contributed by atoms with van der Waals surface area (Å²) in [6.45, 7) is 6.55. The Labute approximate surface area is 92.6 Å². The van der Waals surface area contributed by atoms with Crippen LogP contribution in [0, 0.1) is 0 Å². The second kappa shape index (κ2) is 7.29. The van der Waals surface area contributed by atoms with Crippen LogP contribution < -0.4 is 5.43 Å². The average Bonchev–Trinajstić information content (AvgIpc) is 2.30. The molecule has 0 fully saturated rings. The Balaban J connectivity index is 2.39. The fraction of sp³-hybridized carbons (Fsp3) is 0.727. The van der Waals surface area contributed by atoms with Gasteiger partial charge < -0.3 is 0 Å². The Morgan fingerprint density at radius 3 is 2.33 bits per heavy atom. The third-order valence-corrected chi connectivity index (χ3v) is 2.36. The first-order chi connectivity index (χ1) is 7.38. The highest BCUT2D eigenvalue weighted by Crippen LogP contribution is 2.04. The molecule has 4 heteroatoms. The maximum Gasteiger partial charge on any atom is 0.0522 e. The monoisotopic (exact) mass is 210 g/mol. The molecule has 0 aromatic carbocycles. The van der Waals surface area contributed by atoms with E-state index in [0.717, 1.165) is 13.1 Å². The lowest BCUT2D eigenvalue weighted by Crippen LogP contribution is -2.47. The molecule has 4 nitrogen and oxygen atoms in total. The molecule has 0 aliphatic carbocycles. The molecule has 86 valence electrons. The van der Waals surface area contributed by atoms with Gasteiger partial charge in [-0.1, -0.05) is 26.7 Å². The van der Waals surface area contributed by atoms with Crippen LogP contribution in [-0.2, 0) is 0 Å². The van der Waals surface area contributed by atoms with Crippen molar-refractivity contribution in [3.05, 3.63) is 12.3 Å². The van der Waals surface area contributed by atoms with Crippen LogP contribution in [0.1, 0.15) is 39.5 Å². The maximum atomic E-state index is 4.27. The SMILES string of the molecule is CCCCN(CCCC)N1N=CC=CN1. The molecule has 0 aromatic rings. The van der Waals surface area contributed by atoms with Gasteiger partial charge >= 0.3 is 0 Å². The molecular weight excluding hydrogens is 188 g/mol. The fourth-order valence-electron chi connectivity index (χ4n) is 1.42. The molecule has 0 unspecified atom stereocenters. The van der Waals surface area contributed by atoms with E-state index in [2.05, 4.69) is 29.4 Å². The zero-order valence-corrected chi connectivity index (χ0v) is 9.82. The van der Waals surface area contributed by atoms with E-state index in [4.69, 9.17) is 0 Å². The van der Waals surface area contributed by atoms with Gasteiger partial charge in [0.15, 0.2) is 0 Å². The summed E-state index contributed by atoms with van der Waals surface area (Å²) < 4.78 is 0. The van der Waals surface area contributed by atoms with Crippen molar-refractivity contribution in [2.45, 2.75) is 39.5 Å². The smallest absolute Gasteiger partial charge is 0.0522 e. The van der Waals surface area contributed by atoms with Gasteiger partial charge in [-0.05, 0) is 18.9 Å². The lowest BCUT2D eigenvalue weighted by molar-refractivity contribution is -0.0581. The summed E-state index contributed by atoms with van der Waals surface area (Å²) in [5.74, 6) is 0. The van der Waals surface area contributed by atoms with Crippen molar-refractivity contribution >= 4 is 6.21 Å². The zero-order chi connectivity index (χ0) is 10.9. The van der Waals surface area contributed by atoms with Gasteiger partial charge in [0.1, 0.15) is 0 Å². The first-order valence-electron chi connectivity index (χ1n) is 5.88. The van der Waals surface area contributed by atoms with E-state index in [1.807, 2.05) is 17.5 Å². The lowest BCUT2D eigenvalue weighted by Gasteiger charge is -2.32. The molecule has 0 spiro atoms. The number of rotatable bonds is 7.